The van der Waals surface area contributed by atoms with Crippen molar-refractivity contribution in [3.63, 3.8) is 0 Å². The number of hydrogen-bond acceptors (Lipinski definition) is 4. The third kappa shape index (κ3) is 5.00. The van der Waals surface area contributed by atoms with Crippen LogP contribution in [0, 0.1) is 30.6 Å². The Hall–Kier alpha value is -3.04. The maximum atomic E-state index is 12.8. The number of ether oxygens (including phenoxy) is 1. The van der Waals surface area contributed by atoms with Crippen LogP contribution in [0.1, 0.15) is 42.6 Å². The molecule has 1 aromatic heterocycles. The molecule has 1 aliphatic carbocycles. The van der Waals surface area contributed by atoms with Crippen LogP contribution < -0.4 is 10.3 Å². The minimum Gasteiger partial charge on any atom is -0.484 e. The molecule has 31 heavy (non-hydrogen) atoms. The van der Waals surface area contributed by atoms with Crippen LogP contribution >= 0.6 is 0 Å². The van der Waals surface area contributed by atoms with Crippen LogP contribution in [0.25, 0.3) is 0 Å². The highest BCUT2D eigenvalue weighted by Crippen LogP contribution is 2.27. The average molecular weight is 421 g/mol. The Bertz CT molecular complexity index is 1070. The molecule has 1 amide bonds. The molecule has 0 radical (unpaired) electrons. The standard InChI is InChI=1S/C25H28N2O4/c1-17-11-23(31-16-25(30)26-13-21(14-26)15-28)12-24(29)27(17)18(2)22-9-7-20(8-10-22)6-5-19-3-4-19/h7-12,18-19,21,28H,3-4,13-16H2,1-2H3/t18-/m1/s1. The maximum absolute atomic E-state index is 12.8. The van der Waals surface area contributed by atoms with E-state index in [9.17, 15) is 9.59 Å². The molecule has 1 atom stereocenters. The van der Waals surface area contributed by atoms with Gasteiger partial charge in [0.1, 0.15) is 5.75 Å². The minimum atomic E-state index is -0.170. The summed E-state index contributed by atoms with van der Waals surface area (Å²) in [5, 5.41) is 9.06. The predicted molar refractivity (Wildman–Crippen MR) is 118 cm³/mol. The van der Waals surface area contributed by atoms with Gasteiger partial charge in [0.05, 0.1) is 6.04 Å². The molecule has 1 aliphatic heterocycles. The number of pyridine rings is 1. The van der Waals surface area contributed by atoms with Crippen molar-refractivity contribution in [1.82, 2.24) is 9.47 Å². The number of benzene rings is 1. The van der Waals surface area contributed by atoms with Gasteiger partial charge in [-0.15, -0.1) is 0 Å². The quantitative estimate of drug-likeness (QED) is 0.729. The van der Waals surface area contributed by atoms with Crippen molar-refractivity contribution in [2.24, 2.45) is 11.8 Å². The lowest BCUT2D eigenvalue weighted by molar-refractivity contribution is -0.140. The summed E-state index contributed by atoms with van der Waals surface area (Å²) >= 11 is 0. The molecular weight excluding hydrogens is 392 g/mol. The zero-order chi connectivity index (χ0) is 22.0. The zero-order valence-corrected chi connectivity index (χ0v) is 18.0. The van der Waals surface area contributed by atoms with Crippen LogP contribution in [0.15, 0.2) is 41.2 Å². The van der Waals surface area contributed by atoms with Gasteiger partial charge >= 0.3 is 0 Å². The van der Waals surface area contributed by atoms with E-state index >= 15 is 0 Å². The van der Waals surface area contributed by atoms with Crippen molar-refractivity contribution in [1.29, 1.82) is 0 Å². The number of aromatic nitrogens is 1. The highest BCUT2D eigenvalue weighted by molar-refractivity contribution is 5.78. The summed E-state index contributed by atoms with van der Waals surface area (Å²) in [6, 6.07) is 11.1. The zero-order valence-electron chi connectivity index (χ0n) is 18.0. The van der Waals surface area contributed by atoms with Crippen molar-refractivity contribution in [2.45, 2.75) is 32.7 Å². The van der Waals surface area contributed by atoms with Crippen LogP contribution in [0.3, 0.4) is 0 Å². The molecule has 6 heteroatoms. The highest BCUT2D eigenvalue weighted by Gasteiger charge is 2.30. The van der Waals surface area contributed by atoms with Gasteiger partial charge in [-0.25, -0.2) is 0 Å². The third-order valence-electron chi connectivity index (χ3n) is 5.94. The van der Waals surface area contributed by atoms with E-state index < -0.39 is 0 Å². The SMILES string of the molecule is Cc1cc(OCC(=O)N2CC(CO)C2)cc(=O)n1[C@H](C)c1ccc(C#CC2CC2)cc1. The summed E-state index contributed by atoms with van der Waals surface area (Å²) in [4.78, 5) is 26.6. The second-order valence-corrected chi connectivity index (χ2v) is 8.52. The molecule has 2 aromatic rings. The van der Waals surface area contributed by atoms with Gasteiger partial charge in [0.25, 0.3) is 11.5 Å². The molecule has 162 valence electrons. The van der Waals surface area contributed by atoms with Crippen LogP contribution in [-0.2, 0) is 4.79 Å². The molecule has 0 spiro atoms. The Labute approximate surface area is 182 Å². The summed E-state index contributed by atoms with van der Waals surface area (Å²) in [6.45, 7) is 4.95. The molecular formula is C25H28N2O4. The van der Waals surface area contributed by atoms with E-state index in [1.165, 1.54) is 18.9 Å². The summed E-state index contributed by atoms with van der Waals surface area (Å²) in [5.74, 6) is 7.46. The Morgan fingerprint density at radius 3 is 2.55 bits per heavy atom. The van der Waals surface area contributed by atoms with Crippen molar-refractivity contribution < 1.29 is 14.6 Å². The number of rotatable bonds is 6. The third-order valence-corrected chi connectivity index (χ3v) is 5.94. The van der Waals surface area contributed by atoms with Gasteiger partial charge in [0, 0.05) is 48.9 Å². The van der Waals surface area contributed by atoms with E-state index in [0.717, 1.165) is 16.8 Å². The number of amides is 1. The molecule has 6 nitrogen and oxygen atoms in total. The Kier molecular flexibility index (Phi) is 6.15. The molecule has 2 fully saturated rings. The van der Waals surface area contributed by atoms with E-state index in [1.807, 2.05) is 38.1 Å². The van der Waals surface area contributed by atoms with E-state index in [1.54, 1.807) is 15.5 Å². The molecule has 1 N–H and O–H groups in total. The van der Waals surface area contributed by atoms with Gasteiger partial charge in [-0.1, -0.05) is 24.0 Å². The first-order chi connectivity index (χ1) is 14.9. The Morgan fingerprint density at radius 2 is 1.94 bits per heavy atom. The van der Waals surface area contributed by atoms with Gasteiger partial charge in [-0.3, -0.25) is 9.59 Å². The lowest BCUT2D eigenvalue weighted by atomic mass is 10.0. The fourth-order valence-electron chi connectivity index (χ4n) is 3.79. The number of nitrogens with zero attached hydrogens (tertiary/aromatic N) is 2. The first kappa shape index (κ1) is 21.2. The molecule has 1 aromatic carbocycles. The smallest absolute Gasteiger partial charge is 0.260 e. The van der Waals surface area contributed by atoms with Crippen molar-refractivity contribution in [3.8, 4) is 17.6 Å². The Balaban J connectivity index is 1.41. The molecule has 1 saturated heterocycles. The predicted octanol–water partition coefficient (Wildman–Crippen LogP) is 2.36. The molecule has 2 heterocycles. The summed E-state index contributed by atoms with van der Waals surface area (Å²) in [6.07, 6.45) is 2.42. The second-order valence-electron chi connectivity index (χ2n) is 8.52. The fourth-order valence-corrected chi connectivity index (χ4v) is 3.79. The van der Waals surface area contributed by atoms with Crippen molar-refractivity contribution in [3.05, 3.63) is 63.6 Å². The highest BCUT2D eigenvalue weighted by atomic mass is 16.5. The molecule has 2 aliphatic rings. The van der Waals surface area contributed by atoms with Crippen molar-refractivity contribution >= 4 is 5.91 Å². The van der Waals surface area contributed by atoms with Gasteiger partial charge in [0.15, 0.2) is 6.61 Å². The van der Waals surface area contributed by atoms with Crippen molar-refractivity contribution in [2.75, 3.05) is 26.3 Å². The summed E-state index contributed by atoms with van der Waals surface area (Å²) < 4.78 is 7.30. The lowest BCUT2D eigenvalue weighted by Gasteiger charge is -2.38. The monoisotopic (exact) mass is 420 g/mol. The van der Waals surface area contributed by atoms with Crippen LogP contribution in [-0.4, -0.2) is 46.8 Å². The number of carbonyl (C=O) groups excluding carboxylic acids is 1. The Morgan fingerprint density at radius 1 is 1.23 bits per heavy atom. The molecule has 1 saturated carbocycles. The normalized spacial score (nSPS) is 16.8. The molecule has 0 bridgehead atoms. The topological polar surface area (TPSA) is 71.8 Å². The first-order valence-corrected chi connectivity index (χ1v) is 10.8. The number of aryl methyl sites for hydroxylation is 1. The van der Waals surface area contributed by atoms with Crippen LogP contribution in [0.2, 0.25) is 0 Å². The molecule has 0 unspecified atom stereocenters. The van der Waals surface area contributed by atoms with Gasteiger partial charge in [-0.05, 0) is 50.5 Å². The van der Waals surface area contributed by atoms with Gasteiger partial charge < -0.3 is 19.3 Å². The largest absolute Gasteiger partial charge is 0.484 e. The molecule has 4 rings (SSSR count). The van der Waals surface area contributed by atoms with E-state index in [4.69, 9.17) is 9.84 Å². The maximum Gasteiger partial charge on any atom is 0.260 e. The van der Waals surface area contributed by atoms with E-state index in [-0.39, 0.29) is 36.6 Å². The van der Waals surface area contributed by atoms with Crippen LogP contribution in [0.5, 0.6) is 5.75 Å². The lowest BCUT2D eigenvalue weighted by Crippen LogP contribution is -2.52. The summed E-state index contributed by atoms with van der Waals surface area (Å²) in [7, 11) is 0. The second kappa shape index (κ2) is 8.99. The summed E-state index contributed by atoms with van der Waals surface area (Å²) in [5.41, 5.74) is 2.62. The number of aliphatic hydroxyl groups is 1. The first-order valence-electron chi connectivity index (χ1n) is 10.8. The van der Waals surface area contributed by atoms with Crippen LogP contribution in [0.4, 0.5) is 0 Å². The number of aliphatic hydroxyl groups excluding tert-OH is 1. The van der Waals surface area contributed by atoms with Gasteiger partial charge in [-0.2, -0.15) is 0 Å². The van der Waals surface area contributed by atoms with Gasteiger partial charge in [0.2, 0.25) is 0 Å². The average Bonchev–Trinajstić information content (AvgIpc) is 3.54. The fraction of sp³-hybridized carbons (Fsp3) is 0.440. The van der Waals surface area contributed by atoms with E-state index in [2.05, 4.69) is 11.8 Å². The number of hydrogen-bond donors (Lipinski definition) is 1. The number of carbonyl (C=O) groups is 1. The number of likely N-dealkylation sites (tertiary alicyclic amines) is 1. The minimum absolute atomic E-state index is 0.0941. The van der Waals surface area contributed by atoms with E-state index in [0.29, 0.717) is 24.8 Å².